The summed E-state index contributed by atoms with van der Waals surface area (Å²) >= 11 is 0. The van der Waals surface area contributed by atoms with Crippen molar-refractivity contribution < 1.29 is 62.6 Å². The van der Waals surface area contributed by atoms with Crippen LogP contribution in [-0.2, 0) is 13.9 Å². The van der Waals surface area contributed by atoms with Crippen LogP contribution in [0.4, 0.5) is 0 Å². The van der Waals surface area contributed by atoms with Gasteiger partial charge in [-0.25, -0.2) is 9.36 Å². The van der Waals surface area contributed by atoms with Crippen LogP contribution in [0.25, 0.3) is 0 Å². The molecule has 60 valence electrons. The fourth-order valence-corrected chi connectivity index (χ4v) is 0.418. The predicted octanol–water partition coefficient (Wildman–Crippen LogP) is -3.86. The Morgan fingerprint density at radius 2 is 1.91 bits per heavy atom. The quantitative estimate of drug-likeness (QED) is 0.333. The third-order valence-corrected chi connectivity index (χ3v) is 0.822. The minimum Gasteiger partial charge on any atom is -1.00 e. The van der Waals surface area contributed by atoms with Gasteiger partial charge in [0.1, 0.15) is 0 Å². The van der Waals surface area contributed by atoms with Gasteiger partial charge in [0.25, 0.3) is 0 Å². The Labute approximate surface area is 119 Å². The van der Waals surface area contributed by atoms with Crippen LogP contribution < -0.4 is 29.6 Å². The van der Waals surface area contributed by atoms with Crippen LogP contribution in [0, 0.1) is 0 Å². The predicted molar refractivity (Wildman–Crippen MR) is 34.7 cm³/mol. The van der Waals surface area contributed by atoms with Gasteiger partial charge in [0.05, 0.1) is 0 Å². The van der Waals surface area contributed by atoms with Crippen LogP contribution in [-0.4, -0.2) is 65.2 Å². The third-order valence-electron chi connectivity index (χ3n) is 0.356. The third kappa shape index (κ3) is 18.7. The summed E-state index contributed by atoms with van der Waals surface area (Å²) in [5.41, 5.74) is 0. The van der Waals surface area contributed by atoms with Crippen LogP contribution in [0.2, 0.25) is 0 Å². The Morgan fingerprint density at radius 1 is 1.55 bits per heavy atom. The maximum atomic E-state index is 9.74. The number of hydrogen-bond donors (Lipinski definition) is 3. The fourth-order valence-electron chi connectivity index (χ4n) is 0.139. The van der Waals surface area contributed by atoms with Crippen LogP contribution in [0.3, 0.4) is 0 Å². The number of aliphatic carboxylic acids is 1. The van der Waals surface area contributed by atoms with Crippen molar-refractivity contribution in [3.05, 3.63) is 0 Å². The monoisotopic (exact) mass is 222 g/mol. The molecule has 0 aromatic heterocycles. The van der Waals surface area contributed by atoms with Crippen molar-refractivity contribution >= 4 is 51.5 Å². The summed E-state index contributed by atoms with van der Waals surface area (Å²) in [7, 11) is -4.60. The summed E-state index contributed by atoms with van der Waals surface area (Å²) < 4.78 is 13.3. The summed E-state index contributed by atoms with van der Waals surface area (Å²) in [4.78, 5) is 25.4. The molecule has 9 heteroatoms. The van der Waals surface area contributed by atoms with Gasteiger partial charge >= 0.3 is 81.1 Å². The Bertz CT molecular complexity index is 165. The van der Waals surface area contributed by atoms with E-state index >= 15 is 0 Å². The molecule has 0 saturated heterocycles. The van der Waals surface area contributed by atoms with Crippen LogP contribution >= 0.6 is 7.82 Å². The number of carbonyl (C=O) groups is 1. The molecule has 0 fully saturated rings. The van der Waals surface area contributed by atoms with Crippen molar-refractivity contribution in [3.63, 3.8) is 0 Å². The van der Waals surface area contributed by atoms with E-state index in [0.29, 0.717) is 0 Å². The minimum atomic E-state index is -4.60. The zero-order valence-corrected chi connectivity index (χ0v) is 11.0. The fraction of sp³-hybridized carbons (Fsp3) is 0.500. The van der Waals surface area contributed by atoms with Crippen LogP contribution in [0.5, 0.6) is 0 Å². The molecule has 0 amide bonds. The first-order chi connectivity index (χ1) is 3.92. The van der Waals surface area contributed by atoms with E-state index in [4.69, 9.17) is 14.9 Å². The summed E-state index contributed by atoms with van der Waals surface area (Å²) in [6, 6.07) is 0. The molecular formula is C2H8CaNaO6P. The summed E-state index contributed by atoms with van der Waals surface area (Å²) in [6.45, 7) is -0.982. The van der Waals surface area contributed by atoms with Crippen LogP contribution in [0.15, 0.2) is 0 Å². The van der Waals surface area contributed by atoms with Crippen molar-refractivity contribution in [2.45, 2.75) is 0 Å². The number of carboxylic acids is 1. The first-order valence-corrected chi connectivity index (χ1v) is 3.37. The molecule has 0 saturated carbocycles. The molecule has 0 radical (unpaired) electrons. The van der Waals surface area contributed by atoms with Crippen molar-refractivity contribution in [1.29, 1.82) is 0 Å². The molecule has 0 spiro atoms. The molecule has 3 N–H and O–H groups in total. The van der Waals surface area contributed by atoms with Crippen molar-refractivity contribution in [2.24, 2.45) is 0 Å². The van der Waals surface area contributed by atoms with Crippen molar-refractivity contribution in [2.75, 3.05) is 6.61 Å². The number of phosphoric ester groups is 1. The van der Waals surface area contributed by atoms with Gasteiger partial charge in [-0.1, -0.05) is 0 Å². The molecule has 0 bridgehead atoms. The average molecular weight is 222 g/mol. The van der Waals surface area contributed by atoms with Gasteiger partial charge in [-0.05, 0) is 0 Å². The number of carboxylic acid groups (broad SMARTS) is 1. The second-order valence-corrected chi connectivity index (χ2v) is 2.40. The molecule has 6 nitrogen and oxygen atoms in total. The Morgan fingerprint density at radius 3 is 2.00 bits per heavy atom. The van der Waals surface area contributed by atoms with E-state index < -0.39 is 20.4 Å². The van der Waals surface area contributed by atoms with E-state index in [-0.39, 0.29) is 71.6 Å². The summed E-state index contributed by atoms with van der Waals surface area (Å²) in [5.74, 6) is -1.42. The first-order valence-electron chi connectivity index (χ1n) is 1.84. The average Bonchev–Trinajstić information content (AvgIpc) is 1.59. The molecule has 0 atom stereocenters. The summed E-state index contributed by atoms with van der Waals surface area (Å²) in [5, 5.41) is 7.81. The van der Waals surface area contributed by atoms with Gasteiger partial charge in [0.2, 0.25) is 0 Å². The van der Waals surface area contributed by atoms with Gasteiger partial charge in [0.15, 0.2) is 6.61 Å². The number of phosphoric acid groups is 1. The maximum Gasteiger partial charge on any atom is 2.00 e. The standard InChI is InChI=1S/C2H5O6P.Ca.Na.3H/c3-2(4)1-8-9(5,6)7;;;;;/h1H2,(H,3,4)(H2,5,6,7);;;;;/q;+2;+1;3*-1. The van der Waals surface area contributed by atoms with E-state index in [1.807, 2.05) is 0 Å². The molecule has 11 heavy (non-hydrogen) atoms. The van der Waals surface area contributed by atoms with Gasteiger partial charge in [-0.3, -0.25) is 4.52 Å². The second kappa shape index (κ2) is 8.44. The van der Waals surface area contributed by atoms with E-state index in [0.717, 1.165) is 0 Å². The van der Waals surface area contributed by atoms with Gasteiger partial charge < -0.3 is 19.2 Å². The van der Waals surface area contributed by atoms with Gasteiger partial charge in [-0.2, -0.15) is 0 Å². The smallest absolute Gasteiger partial charge is 1.00 e. The van der Waals surface area contributed by atoms with Gasteiger partial charge in [0, 0.05) is 0 Å². The van der Waals surface area contributed by atoms with Crippen molar-refractivity contribution in [3.8, 4) is 0 Å². The number of rotatable bonds is 3. The normalized spacial score (nSPS) is 9.27. The zero-order chi connectivity index (χ0) is 7.49. The molecule has 0 aliphatic carbocycles. The largest absolute Gasteiger partial charge is 2.00 e. The minimum absolute atomic E-state index is 0. The topological polar surface area (TPSA) is 104 Å². The van der Waals surface area contributed by atoms with E-state index in [9.17, 15) is 9.36 Å². The summed E-state index contributed by atoms with van der Waals surface area (Å²) in [6.07, 6.45) is 0. The van der Waals surface area contributed by atoms with Gasteiger partial charge in [-0.15, -0.1) is 0 Å². The maximum absolute atomic E-state index is 9.74. The Balaban J connectivity index is -0.0000000320. The van der Waals surface area contributed by atoms with E-state index in [2.05, 4.69) is 4.52 Å². The molecule has 0 unspecified atom stereocenters. The molecule has 0 aliphatic heterocycles. The Hall–Kier alpha value is 1.84. The number of hydrogen-bond acceptors (Lipinski definition) is 3. The molecular weight excluding hydrogens is 214 g/mol. The zero-order valence-electron chi connectivity index (χ0n) is 8.93. The Kier molecular flexibility index (Phi) is 14.3. The van der Waals surface area contributed by atoms with Crippen LogP contribution in [0.1, 0.15) is 4.28 Å². The van der Waals surface area contributed by atoms with Crippen molar-refractivity contribution in [1.82, 2.24) is 0 Å². The molecule has 0 rings (SSSR count). The second-order valence-electron chi connectivity index (χ2n) is 1.16. The molecule has 0 aromatic carbocycles. The molecule has 0 aromatic rings. The van der Waals surface area contributed by atoms with E-state index in [1.165, 1.54) is 0 Å². The molecule has 0 aliphatic rings. The first kappa shape index (κ1) is 18.6. The SMILES string of the molecule is O=C(O)COP(=O)(O)O.[Ca+2].[H-].[H-].[H-].[Na+]. The molecule has 0 heterocycles. The van der Waals surface area contributed by atoms with E-state index in [1.54, 1.807) is 0 Å².